The second kappa shape index (κ2) is 8.67. The van der Waals surface area contributed by atoms with Gasteiger partial charge in [0.1, 0.15) is 5.60 Å². The molecule has 0 atom stereocenters. The summed E-state index contributed by atoms with van der Waals surface area (Å²) < 4.78 is 6.47. The number of piperidine rings is 1. The number of benzene rings is 2. The molecule has 1 N–H and O–H groups in total. The molecule has 31 heavy (non-hydrogen) atoms. The maximum atomic E-state index is 12.9. The standard InChI is InChI=1S/C24H27N3O3S/c1-24(2,3)30-23(29)25-18-10-8-17(9-11-18)22(28)27-14-12-16(13-15-27)21-26-19-6-4-5-7-20(19)31-21/h4-11,16H,12-15H2,1-3H3,(H,25,29). The maximum absolute atomic E-state index is 12.9. The van der Waals surface area contributed by atoms with E-state index in [0.717, 1.165) is 31.4 Å². The molecule has 0 radical (unpaired) electrons. The molecular formula is C24H27N3O3S. The second-order valence-electron chi connectivity index (χ2n) is 8.79. The van der Waals surface area contributed by atoms with Gasteiger partial charge in [-0.05, 0) is 70.0 Å². The number of para-hydroxylation sites is 1. The highest BCUT2D eigenvalue weighted by molar-refractivity contribution is 7.18. The first kappa shape index (κ1) is 21.3. The summed E-state index contributed by atoms with van der Waals surface area (Å²) in [5.41, 5.74) is 1.71. The lowest BCUT2D eigenvalue weighted by Crippen LogP contribution is -2.37. The molecule has 0 saturated carbocycles. The average Bonchev–Trinajstić information content (AvgIpc) is 3.17. The molecule has 1 saturated heterocycles. The van der Waals surface area contributed by atoms with Crippen molar-refractivity contribution in [3.63, 3.8) is 0 Å². The number of carbonyl (C=O) groups excluding carboxylic acids is 2. The van der Waals surface area contributed by atoms with E-state index in [1.165, 1.54) is 9.71 Å². The molecular weight excluding hydrogens is 410 g/mol. The van der Waals surface area contributed by atoms with E-state index in [1.807, 2.05) is 37.8 Å². The number of likely N-dealkylation sites (tertiary alicyclic amines) is 1. The van der Waals surface area contributed by atoms with E-state index in [2.05, 4.69) is 17.4 Å². The molecule has 2 heterocycles. The third kappa shape index (κ3) is 5.22. The lowest BCUT2D eigenvalue weighted by Gasteiger charge is -2.31. The van der Waals surface area contributed by atoms with Crippen molar-refractivity contribution in [3.8, 4) is 0 Å². The minimum absolute atomic E-state index is 0.0200. The molecule has 1 aliphatic heterocycles. The summed E-state index contributed by atoms with van der Waals surface area (Å²) in [6.45, 7) is 6.88. The van der Waals surface area contributed by atoms with E-state index in [-0.39, 0.29) is 5.91 Å². The van der Waals surface area contributed by atoms with E-state index in [9.17, 15) is 9.59 Å². The SMILES string of the molecule is CC(C)(C)OC(=O)Nc1ccc(C(=O)N2CCC(c3nc4ccccc4s3)CC2)cc1. The largest absolute Gasteiger partial charge is 0.444 e. The number of anilines is 1. The fourth-order valence-electron chi connectivity index (χ4n) is 3.69. The molecule has 1 aliphatic rings. The van der Waals surface area contributed by atoms with Crippen LogP contribution in [0.2, 0.25) is 0 Å². The first-order valence-electron chi connectivity index (χ1n) is 10.5. The monoisotopic (exact) mass is 437 g/mol. The van der Waals surface area contributed by atoms with Crippen molar-refractivity contribution in [2.24, 2.45) is 0 Å². The van der Waals surface area contributed by atoms with Crippen LogP contribution >= 0.6 is 11.3 Å². The number of nitrogens with zero attached hydrogens (tertiary/aromatic N) is 2. The van der Waals surface area contributed by atoms with Crippen LogP contribution in [0.5, 0.6) is 0 Å². The van der Waals surface area contributed by atoms with Crippen LogP contribution in [0, 0.1) is 0 Å². The van der Waals surface area contributed by atoms with Crippen molar-refractivity contribution in [2.45, 2.75) is 45.1 Å². The molecule has 0 bridgehead atoms. The number of carbonyl (C=O) groups is 2. The van der Waals surface area contributed by atoms with Gasteiger partial charge in [0.2, 0.25) is 0 Å². The summed E-state index contributed by atoms with van der Waals surface area (Å²) in [5.74, 6) is 0.424. The number of thiazole rings is 1. The normalized spacial score (nSPS) is 15.1. The Morgan fingerprint density at radius 1 is 1.06 bits per heavy atom. The van der Waals surface area contributed by atoms with Crippen molar-refractivity contribution in [3.05, 3.63) is 59.1 Å². The quantitative estimate of drug-likeness (QED) is 0.574. The Labute approximate surface area is 186 Å². The number of aromatic nitrogens is 1. The molecule has 0 aliphatic carbocycles. The maximum Gasteiger partial charge on any atom is 0.412 e. The smallest absolute Gasteiger partial charge is 0.412 e. The van der Waals surface area contributed by atoms with Gasteiger partial charge in [-0.2, -0.15) is 0 Å². The van der Waals surface area contributed by atoms with Crippen LogP contribution in [0.3, 0.4) is 0 Å². The zero-order chi connectivity index (χ0) is 22.0. The van der Waals surface area contributed by atoms with E-state index in [0.29, 0.717) is 17.2 Å². The Balaban J connectivity index is 1.33. The highest BCUT2D eigenvalue weighted by Crippen LogP contribution is 2.34. The summed E-state index contributed by atoms with van der Waals surface area (Å²) in [4.78, 5) is 31.5. The van der Waals surface area contributed by atoms with Crippen LogP contribution in [0.1, 0.15) is 54.9 Å². The third-order valence-corrected chi connectivity index (χ3v) is 6.42. The predicted molar refractivity (Wildman–Crippen MR) is 124 cm³/mol. The minimum Gasteiger partial charge on any atom is -0.444 e. The summed E-state index contributed by atoms with van der Waals surface area (Å²) in [6, 6.07) is 15.2. The molecule has 3 aromatic rings. The number of hydrogen-bond donors (Lipinski definition) is 1. The molecule has 1 aromatic heterocycles. The lowest BCUT2D eigenvalue weighted by atomic mass is 9.97. The van der Waals surface area contributed by atoms with E-state index >= 15 is 0 Å². The van der Waals surface area contributed by atoms with Crippen molar-refractivity contribution >= 4 is 39.2 Å². The lowest BCUT2D eigenvalue weighted by molar-refractivity contribution is 0.0635. The van der Waals surface area contributed by atoms with E-state index in [4.69, 9.17) is 9.72 Å². The van der Waals surface area contributed by atoms with Gasteiger partial charge in [-0.1, -0.05) is 12.1 Å². The highest BCUT2D eigenvalue weighted by atomic mass is 32.1. The summed E-state index contributed by atoms with van der Waals surface area (Å²) in [6.07, 6.45) is 1.33. The van der Waals surface area contributed by atoms with Crippen LogP contribution in [-0.2, 0) is 4.74 Å². The van der Waals surface area contributed by atoms with Gasteiger partial charge in [0.25, 0.3) is 5.91 Å². The van der Waals surface area contributed by atoms with Crippen molar-refractivity contribution in [1.82, 2.24) is 9.88 Å². The summed E-state index contributed by atoms with van der Waals surface area (Å²) >= 11 is 1.76. The zero-order valence-corrected chi connectivity index (χ0v) is 18.9. The van der Waals surface area contributed by atoms with Crippen molar-refractivity contribution in [2.75, 3.05) is 18.4 Å². The van der Waals surface area contributed by atoms with Crippen LogP contribution in [0.4, 0.5) is 10.5 Å². The van der Waals surface area contributed by atoms with Gasteiger partial charge in [0.05, 0.1) is 15.2 Å². The molecule has 2 aromatic carbocycles. The minimum atomic E-state index is -0.558. The van der Waals surface area contributed by atoms with Gasteiger partial charge >= 0.3 is 6.09 Å². The van der Waals surface area contributed by atoms with Gasteiger partial charge in [0, 0.05) is 30.3 Å². The average molecular weight is 438 g/mol. The van der Waals surface area contributed by atoms with Crippen molar-refractivity contribution in [1.29, 1.82) is 0 Å². The molecule has 6 nitrogen and oxygen atoms in total. The van der Waals surface area contributed by atoms with Crippen LogP contribution in [-0.4, -0.2) is 40.6 Å². The molecule has 162 valence electrons. The van der Waals surface area contributed by atoms with Gasteiger partial charge < -0.3 is 9.64 Å². The Kier molecular flexibility index (Phi) is 5.96. The van der Waals surface area contributed by atoms with Gasteiger partial charge in [-0.3, -0.25) is 10.1 Å². The van der Waals surface area contributed by atoms with Crippen LogP contribution in [0.25, 0.3) is 10.2 Å². The Hall–Kier alpha value is -2.93. The van der Waals surface area contributed by atoms with E-state index in [1.54, 1.807) is 35.6 Å². The predicted octanol–water partition coefficient (Wildman–Crippen LogP) is 5.66. The molecule has 7 heteroatoms. The number of fused-ring (bicyclic) bond motifs is 1. The fourth-order valence-corrected chi connectivity index (χ4v) is 4.83. The first-order chi connectivity index (χ1) is 14.8. The second-order valence-corrected chi connectivity index (χ2v) is 9.85. The molecule has 2 amide bonds. The van der Waals surface area contributed by atoms with Gasteiger partial charge in [-0.15, -0.1) is 11.3 Å². The Bertz CT molecular complexity index is 1040. The Morgan fingerprint density at radius 2 is 1.74 bits per heavy atom. The van der Waals surface area contributed by atoms with Gasteiger partial charge in [-0.25, -0.2) is 9.78 Å². The fraction of sp³-hybridized carbons (Fsp3) is 0.375. The number of hydrogen-bond acceptors (Lipinski definition) is 5. The topological polar surface area (TPSA) is 71.5 Å². The molecule has 0 unspecified atom stereocenters. The Morgan fingerprint density at radius 3 is 2.39 bits per heavy atom. The zero-order valence-electron chi connectivity index (χ0n) is 18.1. The molecule has 1 fully saturated rings. The summed E-state index contributed by atoms with van der Waals surface area (Å²) in [7, 11) is 0. The number of nitrogens with one attached hydrogen (secondary N) is 1. The number of ether oxygens (including phenoxy) is 1. The highest BCUT2D eigenvalue weighted by Gasteiger charge is 2.26. The molecule has 0 spiro atoms. The number of rotatable bonds is 3. The van der Waals surface area contributed by atoms with Crippen molar-refractivity contribution < 1.29 is 14.3 Å². The van der Waals surface area contributed by atoms with Gasteiger partial charge in [0.15, 0.2) is 0 Å². The number of amides is 2. The third-order valence-electron chi connectivity index (χ3n) is 5.22. The van der Waals surface area contributed by atoms with Crippen LogP contribution in [0.15, 0.2) is 48.5 Å². The van der Waals surface area contributed by atoms with Crippen LogP contribution < -0.4 is 5.32 Å². The van der Waals surface area contributed by atoms with E-state index < -0.39 is 11.7 Å². The first-order valence-corrected chi connectivity index (χ1v) is 11.3. The summed E-state index contributed by atoms with van der Waals surface area (Å²) in [5, 5.41) is 3.86. The molecule has 4 rings (SSSR count).